The van der Waals surface area contributed by atoms with E-state index in [0.29, 0.717) is 12.3 Å². The van der Waals surface area contributed by atoms with Crippen molar-refractivity contribution in [3.63, 3.8) is 0 Å². The van der Waals surface area contributed by atoms with Crippen molar-refractivity contribution >= 4 is 11.7 Å². The van der Waals surface area contributed by atoms with Gasteiger partial charge in [0, 0.05) is 0 Å². The highest BCUT2D eigenvalue weighted by atomic mass is 16.5. The minimum Gasteiger partial charge on any atom is -0.383 e. The van der Waals surface area contributed by atoms with E-state index in [0.717, 1.165) is 11.1 Å². The number of hydrogen-bond donors (Lipinski definition) is 2. The summed E-state index contributed by atoms with van der Waals surface area (Å²) in [5.74, 6) is -0.118. The fourth-order valence-corrected chi connectivity index (χ4v) is 3.49. The van der Waals surface area contributed by atoms with E-state index in [4.69, 9.17) is 16.2 Å². The second-order valence-corrected chi connectivity index (χ2v) is 7.59. The minimum atomic E-state index is -0.599. The molecule has 4 N–H and O–H groups in total. The highest BCUT2D eigenvalue weighted by Gasteiger charge is 2.27. The molecule has 0 saturated heterocycles. The standard InChI is InChI=1S/C23H28N4O2/c1-15(2)21(18-11-9-16(3)10-12-18)27-22(24)20(23(25)28)19(26-27)14-29-13-17-7-5-4-6-8-17/h4-12,15,21H,13-14,24H2,1-3H3,(H2,25,28). The van der Waals surface area contributed by atoms with Gasteiger partial charge in [0.05, 0.1) is 19.3 Å². The van der Waals surface area contributed by atoms with Crippen LogP contribution in [0.2, 0.25) is 0 Å². The predicted molar refractivity (Wildman–Crippen MR) is 114 cm³/mol. The number of carbonyl (C=O) groups is 1. The van der Waals surface area contributed by atoms with Crippen LogP contribution in [0.15, 0.2) is 54.6 Å². The van der Waals surface area contributed by atoms with E-state index in [2.05, 4.69) is 43.2 Å². The molecule has 3 rings (SSSR count). The number of aromatic nitrogens is 2. The Hall–Kier alpha value is -3.12. The summed E-state index contributed by atoms with van der Waals surface area (Å²) < 4.78 is 7.49. The lowest BCUT2D eigenvalue weighted by molar-refractivity contribution is 0.0959. The van der Waals surface area contributed by atoms with Crippen molar-refractivity contribution in [2.75, 3.05) is 5.73 Å². The quantitative estimate of drug-likeness (QED) is 0.609. The van der Waals surface area contributed by atoms with E-state index in [1.54, 1.807) is 4.68 Å². The number of nitrogens with two attached hydrogens (primary N) is 2. The molecule has 3 aromatic rings. The van der Waals surface area contributed by atoms with Crippen molar-refractivity contribution < 1.29 is 9.53 Å². The molecule has 0 aliphatic carbocycles. The summed E-state index contributed by atoms with van der Waals surface area (Å²) in [6.45, 7) is 6.81. The maximum absolute atomic E-state index is 12.1. The monoisotopic (exact) mass is 392 g/mol. The van der Waals surface area contributed by atoms with Gasteiger partial charge in [-0.15, -0.1) is 0 Å². The van der Waals surface area contributed by atoms with Crippen LogP contribution in [-0.4, -0.2) is 15.7 Å². The van der Waals surface area contributed by atoms with Gasteiger partial charge in [-0.2, -0.15) is 5.10 Å². The fourth-order valence-electron chi connectivity index (χ4n) is 3.49. The SMILES string of the molecule is Cc1ccc(C(C(C)C)n2nc(COCc3ccccc3)c(C(N)=O)c2N)cc1. The molecule has 0 aliphatic heterocycles. The normalized spacial score (nSPS) is 12.3. The molecule has 1 atom stereocenters. The zero-order valence-electron chi connectivity index (χ0n) is 17.1. The van der Waals surface area contributed by atoms with Crippen molar-refractivity contribution in [2.45, 2.75) is 40.0 Å². The summed E-state index contributed by atoms with van der Waals surface area (Å²) in [4.78, 5) is 12.1. The van der Waals surface area contributed by atoms with E-state index in [1.807, 2.05) is 37.3 Å². The van der Waals surface area contributed by atoms with Gasteiger partial charge in [-0.3, -0.25) is 4.79 Å². The van der Waals surface area contributed by atoms with Gasteiger partial charge < -0.3 is 16.2 Å². The van der Waals surface area contributed by atoms with Gasteiger partial charge in [0.15, 0.2) is 0 Å². The first-order chi connectivity index (χ1) is 13.9. The minimum absolute atomic E-state index is 0.114. The number of carbonyl (C=O) groups excluding carboxylic acids is 1. The summed E-state index contributed by atoms with van der Waals surface area (Å²) in [5, 5.41) is 4.65. The third kappa shape index (κ3) is 4.66. The van der Waals surface area contributed by atoms with Crippen LogP contribution in [0.5, 0.6) is 0 Å². The van der Waals surface area contributed by atoms with Crippen LogP contribution in [0.1, 0.15) is 52.6 Å². The molecule has 0 aliphatic rings. The molecule has 0 spiro atoms. The Morgan fingerprint density at radius 1 is 1.07 bits per heavy atom. The Kier molecular flexibility index (Phi) is 6.34. The molecular weight excluding hydrogens is 364 g/mol. The lowest BCUT2D eigenvalue weighted by Gasteiger charge is -2.23. The number of primary amides is 1. The summed E-state index contributed by atoms with van der Waals surface area (Å²) >= 11 is 0. The third-order valence-electron chi connectivity index (χ3n) is 4.93. The van der Waals surface area contributed by atoms with Gasteiger partial charge in [-0.05, 0) is 24.0 Å². The van der Waals surface area contributed by atoms with E-state index in [-0.39, 0.29) is 29.9 Å². The Morgan fingerprint density at radius 2 is 1.72 bits per heavy atom. The topological polar surface area (TPSA) is 96.2 Å². The number of nitrogen functional groups attached to an aromatic ring is 1. The van der Waals surface area contributed by atoms with E-state index in [9.17, 15) is 4.79 Å². The largest absolute Gasteiger partial charge is 0.383 e. The van der Waals surface area contributed by atoms with Crippen LogP contribution in [0.3, 0.4) is 0 Å². The number of nitrogens with zero attached hydrogens (tertiary/aromatic N) is 2. The molecule has 0 radical (unpaired) electrons. The van der Waals surface area contributed by atoms with Crippen molar-refractivity contribution in [3.05, 3.63) is 82.5 Å². The Bertz CT molecular complexity index is 963. The van der Waals surface area contributed by atoms with Crippen LogP contribution >= 0.6 is 0 Å². The summed E-state index contributed by atoms with van der Waals surface area (Å²) in [6.07, 6.45) is 0. The number of hydrogen-bond acceptors (Lipinski definition) is 4. The van der Waals surface area contributed by atoms with Crippen molar-refractivity contribution in [2.24, 2.45) is 11.7 Å². The highest BCUT2D eigenvalue weighted by Crippen LogP contribution is 2.31. The molecular formula is C23H28N4O2. The predicted octanol–water partition coefficient (Wildman–Crippen LogP) is 3.83. The second-order valence-electron chi connectivity index (χ2n) is 7.59. The molecule has 6 nitrogen and oxygen atoms in total. The molecule has 152 valence electrons. The molecule has 1 unspecified atom stereocenters. The van der Waals surface area contributed by atoms with E-state index in [1.165, 1.54) is 5.56 Å². The molecule has 2 aromatic carbocycles. The van der Waals surface area contributed by atoms with Gasteiger partial charge >= 0.3 is 0 Å². The zero-order chi connectivity index (χ0) is 21.0. The van der Waals surface area contributed by atoms with Crippen LogP contribution in [0.25, 0.3) is 0 Å². The van der Waals surface area contributed by atoms with Crippen LogP contribution < -0.4 is 11.5 Å². The number of amides is 1. The van der Waals surface area contributed by atoms with E-state index >= 15 is 0 Å². The summed E-state index contributed by atoms with van der Waals surface area (Å²) in [5.41, 5.74) is 15.9. The first kappa shape index (κ1) is 20.6. The van der Waals surface area contributed by atoms with Crippen molar-refractivity contribution in [3.8, 4) is 0 Å². The second kappa shape index (κ2) is 8.92. The van der Waals surface area contributed by atoms with Gasteiger partial charge in [0.25, 0.3) is 5.91 Å². The number of ether oxygens (including phenoxy) is 1. The third-order valence-corrected chi connectivity index (χ3v) is 4.93. The maximum Gasteiger partial charge on any atom is 0.254 e. The summed E-state index contributed by atoms with van der Waals surface area (Å²) in [6, 6.07) is 18.0. The molecule has 29 heavy (non-hydrogen) atoms. The zero-order valence-corrected chi connectivity index (χ0v) is 17.1. The lowest BCUT2D eigenvalue weighted by atomic mass is 9.95. The average Bonchev–Trinajstić information content (AvgIpc) is 3.00. The van der Waals surface area contributed by atoms with Crippen LogP contribution in [0.4, 0.5) is 5.82 Å². The first-order valence-corrected chi connectivity index (χ1v) is 9.73. The Balaban J connectivity index is 1.91. The molecule has 0 fully saturated rings. The van der Waals surface area contributed by atoms with Gasteiger partial charge in [-0.1, -0.05) is 74.0 Å². The van der Waals surface area contributed by atoms with E-state index < -0.39 is 5.91 Å². The molecule has 1 amide bonds. The van der Waals surface area contributed by atoms with Gasteiger partial charge in [-0.25, -0.2) is 4.68 Å². The number of anilines is 1. The Morgan fingerprint density at radius 3 is 2.31 bits per heavy atom. The van der Waals surface area contributed by atoms with Crippen LogP contribution in [0, 0.1) is 12.8 Å². The van der Waals surface area contributed by atoms with Gasteiger partial charge in [0.1, 0.15) is 17.1 Å². The number of benzene rings is 2. The van der Waals surface area contributed by atoms with Crippen LogP contribution in [-0.2, 0) is 18.0 Å². The average molecular weight is 393 g/mol. The molecule has 6 heteroatoms. The Labute approximate surface area is 171 Å². The molecule has 1 heterocycles. The van der Waals surface area contributed by atoms with Crippen molar-refractivity contribution in [1.82, 2.24) is 9.78 Å². The van der Waals surface area contributed by atoms with Crippen molar-refractivity contribution in [1.29, 1.82) is 0 Å². The number of rotatable bonds is 8. The molecule has 0 bridgehead atoms. The summed E-state index contributed by atoms with van der Waals surface area (Å²) in [7, 11) is 0. The lowest BCUT2D eigenvalue weighted by Crippen LogP contribution is -2.21. The highest BCUT2D eigenvalue weighted by molar-refractivity contribution is 5.98. The smallest absolute Gasteiger partial charge is 0.254 e. The maximum atomic E-state index is 12.1. The fraction of sp³-hybridized carbons (Fsp3) is 0.304. The molecule has 1 aromatic heterocycles. The first-order valence-electron chi connectivity index (χ1n) is 9.73. The molecule has 0 saturated carbocycles. The van der Waals surface area contributed by atoms with Gasteiger partial charge in [0.2, 0.25) is 0 Å². The number of aryl methyl sites for hydroxylation is 1.